The fraction of sp³-hybridized carbons (Fsp3) is 0.562. The van der Waals surface area contributed by atoms with Gasteiger partial charge in [0.05, 0.1) is 5.56 Å². The van der Waals surface area contributed by atoms with E-state index >= 15 is 0 Å². The van der Waals surface area contributed by atoms with Crippen LogP contribution in [0.1, 0.15) is 42.6 Å². The Labute approximate surface area is 124 Å². The lowest BCUT2D eigenvalue weighted by Gasteiger charge is -2.30. The fourth-order valence-corrected chi connectivity index (χ4v) is 2.65. The molecule has 1 amide bonds. The maximum atomic E-state index is 13.9. The van der Waals surface area contributed by atoms with Crippen molar-refractivity contribution >= 4 is 5.91 Å². The number of benzene rings is 1. The van der Waals surface area contributed by atoms with Crippen LogP contribution in [0.25, 0.3) is 0 Å². The van der Waals surface area contributed by atoms with Crippen molar-refractivity contribution in [1.82, 2.24) is 10.2 Å². The van der Waals surface area contributed by atoms with Crippen LogP contribution in [-0.4, -0.2) is 36.0 Å². The number of rotatable bonds is 4. The third-order valence-corrected chi connectivity index (χ3v) is 3.94. The lowest BCUT2D eigenvalue weighted by molar-refractivity contribution is 0.0684. The monoisotopic (exact) mass is 296 g/mol. The summed E-state index contributed by atoms with van der Waals surface area (Å²) in [6.07, 6.45) is 2.11. The van der Waals surface area contributed by atoms with Crippen LogP contribution in [0.15, 0.2) is 12.1 Å². The van der Waals surface area contributed by atoms with Gasteiger partial charge in [0, 0.05) is 24.7 Å². The van der Waals surface area contributed by atoms with Gasteiger partial charge in [-0.15, -0.1) is 0 Å². The first-order valence-electron chi connectivity index (χ1n) is 7.40. The Kier molecular flexibility index (Phi) is 4.93. The van der Waals surface area contributed by atoms with E-state index in [9.17, 15) is 13.6 Å². The number of carbonyl (C=O) groups excluding carboxylic acids is 1. The summed E-state index contributed by atoms with van der Waals surface area (Å²) in [5.74, 6) is -1.80. The smallest absolute Gasteiger partial charge is 0.257 e. The van der Waals surface area contributed by atoms with E-state index in [1.54, 1.807) is 4.90 Å². The normalized spacial score (nSPS) is 18.3. The molecule has 0 aromatic heterocycles. The highest BCUT2D eigenvalue weighted by Gasteiger charge is 2.26. The highest BCUT2D eigenvalue weighted by molar-refractivity contribution is 5.95. The Hall–Kier alpha value is -1.49. The number of aryl methyl sites for hydroxylation is 1. The Bertz CT molecular complexity index is 525. The van der Waals surface area contributed by atoms with E-state index in [4.69, 9.17) is 0 Å². The third-order valence-electron chi connectivity index (χ3n) is 3.94. The zero-order chi connectivity index (χ0) is 15.6. The molecule has 1 aromatic rings. The zero-order valence-corrected chi connectivity index (χ0v) is 12.7. The number of hydrogen-bond donors (Lipinski definition) is 1. The van der Waals surface area contributed by atoms with Gasteiger partial charge < -0.3 is 10.2 Å². The number of nitrogens with zero attached hydrogens (tertiary/aromatic N) is 1. The van der Waals surface area contributed by atoms with Crippen molar-refractivity contribution in [3.63, 3.8) is 0 Å². The van der Waals surface area contributed by atoms with Crippen LogP contribution < -0.4 is 5.32 Å². The second-order valence-corrected chi connectivity index (χ2v) is 5.93. The minimum absolute atomic E-state index is 0.0374. The predicted molar refractivity (Wildman–Crippen MR) is 78.3 cm³/mol. The van der Waals surface area contributed by atoms with E-state index in [2.05, 4.69) is 5.32 Å². The molecule has 0 spiro atoms. The minimum Gasteiger partial charge on any atom is -0.335 e. The Morgan fingerprint density at radius 2 is 2.10 bits per heavy atom. The van der Waals surface area contributed by atoms with E-state index in [0.717, 1.165) is 25.5 Å². The average molecular weight is 296 g/mol. The quantitative estimate of drug-likeness (QED) is 0.926. The van der Waals surface area contributed by atoms with Crippen molar-refractivity contribution in [2.45, 2.75) is 45.7 Å². The molecule has 1 fully saturated rings. The summed E-state index contributed by atoms with van der Waals surface area (Å²) in [6.45, 7) is 6.84. The van der Waals surface area contributed by atoms with Crippen LogP contribution >= 0.6 is 0 Å². The summed E-state index contributed by atoms with van der Waals surface area (Å²) in [7, 11) is 0. The highest BCUT2D eigenvalue weighted by Crippen LogP contribution is 2.18. The molecule has 1 atom stereocenters. The SMILES string of the molecule is Cc1cc(C(=O)N(CC2CCCN2)C(C)C)c(F)cc1F. The molecule has 0 saturated carbocycles. The molecule has 1 saturated heterocycles. The van der Waals surface area contributed by atoms with Gasteiger partial charge in [0.15, 0.2) is 0 Å². The first kappa shape index (κ1) is 15.9. The third kappa shape index (κ3) is 3.59. The molecule has 0 bridgehead atoms. The topological polar surface area (TPSA) is 32.3 Å². The molecule has 5 heteroatoms. The van der Waals surface area contributed by atoms with Gasteiger partial charge in [0.25, 0.3) is 5.91 Å². The summed E-state index contributed by atoms with van der Waals surface area (Å²) in [6, 6.07) is 2.30. The largest absolute Gasteiger partial charge is 0.335 e. The molecule has 116 valence electrons. The average Bonchev–Trinajstić information content (AvgIpc) is 2.92. The highest BCUT2D eigenvalue weighted by atomic mass is 19.1. The lowest BCUT2D eigenvalue weighted by atomic mass is 10.1. The van der Waals surface area contributed by atoms with Gasteiger partial charge >= 0.3 is 0 Å². The van der Waals surface area contributed by atoms with Crippen LogP contribution in [0.3, 0.4) is 0 Å². The van der Waals surface area contributed by atoms with Crippen molar-refractivity contribution in [1.29, 1.82) is 0 Å². The molecule has 0 radical (unpaired) electrons. The number of hydrogen-bond acceptors (Lipinski definition) is 2. The van der Waals surface area contributed by atoms with Gasteiger partial charge in [-0.3, -0.25) is 4.79 Å². The van der Waals surface area contributed by atoms with Crippen LogP contribution in [0, 0.1) is 18.6 Å². The van der Waals surface area contributed by atoms with Crippen LogP contribution in [0.2, 0.25) is 0 Å². The van der Waals surface area contributed by atoms with Gasteiger partial charge in [0.2, 0.25) is 0 Å². The summed E-state index contributed by atoms with van der Waals surface area (Å²) < 4.78 is 27.3. The van der Waals surface area contributed by atoms with Crippen LogP contribution in [0.4, 0.5) is 8.78 Å². The van der Waals surface area contributed by atoms with E-state index in [1.807, 2.05) is 13.8 Å². The molecule has 2 rings (SSSR count). The first-order valence-corrected chi connectivity index (χ1v) is 7.40. The molecule has 1 N–H and O–H groups in total. The molecule has 1 heterocycles. The Morgan fingerprint density at radius 3 is 2.67 bits per heavy atom. The Balaban J connectivity index is 2.23. The standard InChI is InChI=1S/C16H22F2N2O/c1-10(2)20(9-12-5-4-6-19-12)16(21)13-7-11(3)14(17)8-15(13)18/h7-8,10,12,19H,4-6,9H2,1-3H3. The van der Waals surface area contributed by atoms with Crippen molar-refractivity contribution in [2.75, 3.05) is 13.1 Å². The number of carbonyl (C=O) groups is 1. The molecular formula is C16H22F2N2O. The Morgan fingerprint density at radius 1 is 1.38 bits per heavy atom. The molecule has 0 aliphatic carbocycles. The van der Waals surface area contributed by atoms with Gasteiger partial charge in [-0.2, -0.15) is 0 Å². The minimum atomic E-state index is -0.798. The maximum Gasteiger partial charge on any atom is 0.257 e. The molecule has 1 aliphatic rings. The number of halogens is 2. The zero-order valence-electron chi connectivity index (χ0n) is 12.7. The fourth-order valence-electron chi connectivity index (χ4n) is 2.65. The second-order valence-electron chi connectivity index (χ2n) is 5.93. The van der Waals surface area contributed by atoms with E-state index < -0.39 is 11.6 Å². The molecule has 1 unspecified atom stereocenters. The molecular weight excluding hydrogens is 274 g/mol. The summed E-state index contributed by atoms with van der Waals surface area (Å²) >= 11 is 0. The maximum absolute atomic E-state index is 13.9. The van der Waals surface area contributed by atoms with Gasteiger partial charge in [0.1, 0.15) is 11.6 Å². The van der Waals surface area contributed by atoms with Gasteiger partial charge in [-0.1, -0.05) is 0 Å². The summed E-state index contributed by atoms with van der Waals surface area (Å²) in [5.41, 5.74) is 0.225. The van der Waals surface area contributed by atoms with E-state index in [1.165, 1.54) is 13.0 Å². The predicted octanol–water partition coefficient (Wildman–Crippen LogP) is 2.88. The first-order chi connectivity index (χ1) is 9.90. The summed E-state index contributed by atoms with van der Waals surface area (Å²) in [5, 5.41) is 3.34. The number of amides is 1. The van der Waals surface area contributed by atoms with E-state index in [-0.39, 0.29) is 29.1 Å². The van der Waals surface area contributed by atoms with Crippen molar-refractivity contribution < 1.29 is 13.6 Å². The summed E-state index contributed by atoms with van der Waals surface area (Å²) in [4.78, 5) is 14.2. The van der Waals surface area contributed by atoms with Gasteiger partial charge in [-0.25, -0.2) is 8.78 Å². The van der Waals surface area contributed by atoms with Crippen LogP contribution in [0.5, 0.6) is 0 Å². The number of nitrogens with one attached hydrogen (secondary N) is 1. The van der Waals surface area contributed by atoms with Crippen molar-refractivity contribution in [3.8, 4) is 0 Å². The molecule has 3 nitrogen and oxygen atoms in total. The second kappa shape index (κ2) is 6.52. The molecule has 1 aliphatic heterocycles. The van der Waals surface area contributed by atoms with Crippen LogP contribution in [-0.2, 0) is 0 Å². The van der Waals surface area contributed by atoms with E-state index in [0.29, 0.717) is 6.54 Å². The molecule has 1 aromatic carbocycles. The van der Waals surface area contributed by atoms with Gasteiger partial charge in [-0.05, 0) is 51.8 Å². The molecule has 21 heavy (non-hydrogen) atoms. The van der Waals surface area contributed by atoms with Crippen molar-refractivity contribution in [3.05, 3.63) is 34.9 Å². The lowest BCUT2D eigenvalue weighted by Crippen LogP contribution is -2.45. The van der Waals surface area contributed by atoms with Crippen molar-refractivity contribution in [2.24, 2.45) is 0 Å².